The summed E-state index contributed by atoms with van der Waals surface area (Å²) in [5.74, 6) is 0.145. The Morgan fingerprint density at radius 1 is 1.30 bits per heavy atom. The van der Waals surface area contributed by atoms with Crippen molar-refractivity contribution in [1.82, 2.24) is 14.4 Å². The molecule has 148 valence electrons. The molecule has 0 bridgehead atoms. The van der Waals surface area contributed by atoms with Crippen molar-refractivity contribution < 1.29 is 14.3 Å². The minimum Gasteiger partial charge on any atom is -0.384 e. The van der Waals surface area contributed by atoms with E-state index in [1.54, 1.807) is 12.0 Å². The van der Waals surface area contributed by atoms with Crippen LogP contribution in [0.5, 0.6) is 0 Å². The standard InChI is InChI=1S/C13H18N2.C8H13NO3/c1-14(2)9-8-11-10-15(3)13-7-5-4-6-12(11)13;1-12-3-2-8(11)9-4-7(5-9)6-10/h4-7,10H,8-9H2,1-3H3;6-7H,2-5H2,1H3. The van der Waals surface area contributed by atoms with Crippen LogP contribution in [-0.2, 0) is 27.8 Å². The molecule has 0 radical (unpaired) electrons. The summed E-state index contributed by atoms with van der Waals surface area (Å²) in [6.45, 7) is 2.74. The molecule has 2 heterocycles. The molecule has 1 fully saturated rings. The second-order valence-corrected chi connectivity index (χ2v) is 7.27. The van der Waals surface area contributed by atoms with Crippen LogP contribution in [0.3, 0.4) is 0 Å². The Labute approximate surface area is 161 Å². The van der Waals surface area contributed by atoms with Gasteiger partial charge in [0.2, 0.25) is 5.91 Å². The second kappa shape index (κ2) is 10.2. The third kappa shape index (κ3) is 5.91. The van der Waals surface area contributed by atoms with E-state index in [2.05, 4.69) is 61.1 Å². The Bertz CT molecular complexity index is 748. The molecule has 1 aromatic heterocycles. The number of hydrogen-bond donors (Lipinski definition) is 0. The molecule has 1 saturated heterocycles. The zero-order valence-electron chi connectivity index (χ0n) is 16.9. The smallest absolute Gasteiger partial charge is 0.224 e. The summed E-state index contributed by atoms with van der Waals surface area (Å²) in [6, 6.07) is 8.59. The molecule has 0 spiro atoms. The van der Waals surface area contributed by atoms with Gasteiger partial charge in [0.1, 0.15) is 6.29 Å². The minimum absolute atomic E-state index is 0.0662. The monoisotopic (exact) mass is 373 g/mol. The number of methoxy groups -OCH3 is 1. The van der Waals surface area contributed by atoms with Gasteiger partial charge in [-0.2, -0.15) is 0 Å². The van der Waals surface area contributed by atoms with Crippen molar-refractivity contribution in [1.29, 1.82) is 0 Å². The third-order valence-electron chi connectivity index (χ3n) is 4.78. The summed E-state index contributed by atoms with van der Waals surface area (Å²) in [6.07, 6.45) is 4.69. The first-order valence-corrected chi connectivity index (χ1v) is 9.36. The van der Waals surface area contributed by atoms with Crippen molar-refractivity contribution in [3.8, 4) is 0 Å². The van der Waals surface area contributed by atoms with Crippen LogP contribution in [0.4, 0.5) is 0 Å². The number of nitrogens with zero attached hydrogens (tertiary/aromatic N) is 3. The summed E-state index contributed by atoms with van der Waals surface area (Å²) in [5, 5.41) is 1.39. The molecule has 1 amide bonds. The maximum Gasteiger partial charge on any atom is 0.224 e. The molecule has 0 aliphatic carbocycles. The van der Waals surface area contributed by atoms with E-state index in [9.17, 15) is 9.59 Å². The summed E-state index contributed by atoms with van der Waals surface area (Å²) in [4.78, 5) is 25.3. The fourth-order valence-corrected chi connectivity index (χ4v) is 3.12. The molecule has 1 aromatic carbocycles. The zero-order chi connectivity index (χ0) is 19.8. The summed E-state index contributed by atoms with van der Waals surface area (Å²) in [7, 11) is 7.91. The van der Waals surface area contributed by atoms with Crippen molar-refractivity contribution in [2.45, 2.75) is 12.8 Å². The van der Waals surface area contributed by atoms with Gasteiger partial charge in [-0.25, -0.2) is 0 Å². The number of aldehydes is 1. The lowest BCUT2D eigenvalue weighted by atomic mass is 10.0. The van der Waals surface area contributed by atoms with Gasteiger partial charge in [0.05, 0.1) is 13.0 Å². The average molecular weight is 373 g/mol. The van der Waals surface area contributed by atoms with Crippen molar-refractivity contribution in [3.63, 3.8) is 0 Å². The largest absolute Gasteiger partial charge is 0.384 e. The number of likely N-dealkylation sites (tertiary alicyclic amines) is 1. The fourth-order valence-electron chi connectivity index (χ4n) is 3.12. The molecular formula is C21H31N3O3. The Kier molecular flexibility index (Phi) is 8.00. The highest BCUT2D eigenvalue weighted by molar-refractivity contribution is 5.83. The highest BCUT2D eigenvalue weighted by atomic mass is 16.5. The lowest BCUT2D eigenvalue weighted by Gasteiger charge is -2.36. The van der Waals surface area contributed by atoms with Crippen molar-refractivity contribution in [2.24, 2.45) is 13.0 Å². The van der Waals surface area contributed by atoms with Crippen LogP contribution in [0.15, 0.2) is 30.5 Å². The molecule has 1 aliphatic heterocycles. The zero-order valence-corrected chi connectivity index (χ0v) is 16.9. The van der Waals surface area contributed by atoms with Gasteiger partial charge in [0.15, 0.2) is 0 Å². The predicted octanol–water partition coefficient (Wildman–Crippen LogP) is 1.96. The molecule has 6 nitrogen and oxygen atoms in total. The molecule has 0 atom stereocenters. The molecule has 0 N–H and O–H groups in total. The highest BCUT2D eigenvalue weighted by Gasteiger charge is 2.29. The number of para-hydroxylation sites is 1. The Morgan fingerprint density at radius 2 is 2.00 bits per heavy atom. The molecule has 27 heavy (non-hydrogen) atoms. The van der Waals surface area contributed by atoms with Crippen LogP contribution >= 0.6 is 0 Å². The van der Waals surface area contributed by atoms with Crippen LogP contribution in [0.25, 0.3) is 10.9 Å². The first-order chi connectivity index (χ1) is 13.0. The summed E-state index contributed by atoms with van der Waals surface area (Å²) in [5.41, 5.74) is 2.77. The lowest BCUT2D eigenvalue weighted by molar-refractivity contribution is -0.139. The Balaban J connectivity index is 0.000000199. The number of fused-ring (bicyclic) bond motifs is 1. The van der Waals surface area contributed by atoms with E-state index in [0.717, 1.165) is 19.3 Å². The normalized spacial score (nSPS) is 14.0. The molecule has 1 aliphatic rings. The van der Waals surface area contributed by atoms with Gasteiger partial charge in [-0.3, -0.25) is 4.79 Å². The maximum absolute atomic E-state index is 11.2. The molecule has 3 rings (SSSR count). The Morgan fingerprint density at radius 3 is 2.63 bits per heavy atom. The van der Waals surface area contributed by atoms with E-state index in [1.165, 1.54) is 16.5 Å². The molecule has 2 aromatic rings. The summed E-state index contributed by atoms with van der Waals surface area (Å²) >= 11 is 0. The number of benzene rings is 1. The van der Waals surface area contributed by atoms with E-state index in [1.807, 2.05) is 0 Å². The SMILES string of the molecule is CN(C)CCc1cn(C)c2ccccc12.COCCC(=O)N1CC(C=O)C1. The van der Waals surface area contributed by atoms with Gasteiger partial charge in [-0.1, -0.05) is 18.2 Å². The van der Waals surface area contributed by atoms with Gasteiger partial charge in [-0.15, -0.1) is 0 Å². The van der Waals surface area contributed by atoms with E-state index < -0.39 is 0 Å². The van der Waals surface area contributed by atoms with Crippen molar-refractivity contribution in [3.05, 3.63) is 36.0 Å². The van der Waals surface area contributed by atoms with E-state index in [4.69, 9.17) is 4.74 Å². The van der Waals surface area contributed by atoms with Gasteiger partial charge in [0.25, 0.3) is 0 Å². The van der Waals surface area contributed by atoms with Crippen LogP contribution in [0.2, 0.25) is 0 Å². The number of likely N-dealkylation sites (N-methyl/N-ethyl adjacent to an activating group) is 1. The third-order valence-corrected chi connectivity index (χ3v) is 4.78. The van der Waals surface area contributed by atoms with Gasteiger partial charge in [0, 0.05) is 56.8 Å². The van der Waals surface area contributed by atoms with Crippen LogP contribution in [-0.4, -0.2) is 74.0 Å². The molecule has 6 heteroatoms. The number of ether oxygens (including phenoxy) is 1. The van der Waals surface area contributed by atoms with Gasteiger partial charge < -0.3 is 23.9 Å². The van der Waals surface area contributed by atoms with Crippen LogP contribution < -0.4 is 0 Å². The topological polar surface area (TPSA) is 54.8 Å². The number of aromatic nitrogens is 1. The highest BCUT2D eigenvalue weighted by Crippen LogP contribution is 2.20. The number of carbonyl (C=O) groups excluding carboxylic acids is 2. The Hall–Kier alpha value is -2.18. The first kappa shape index (κ1) is 21.1. The number of hydrogen-bond acceptors (Lipinski definition) is 4. The van der Waals surface area contributed by atoms with Gasteiger partial charge in [-0.05, 0) is 32.1 Å². The number of amides is 1. The lowest BCUT2D eigenvalue weighted by Crippen LogP contribution is -2.50. The van der Waals surface area contributed by atoms with E-state index >= 15 is 0 Å². The van der Waals surface area contributed by atoms with E-state index in [0.29, 0.717) is 26.1 Å². The fraction of sp³-hybridized carbons (Fsp3) is 0.524. The number of aryl methyl sites for hydroxylation is 1. The van der Waals surface area contributed by atoms with Crippen LogP contribution in [0, 0.1) is 5.92 Å². The van der Waals surface area contributed by atoms with E-state index in [-0.39, 0.29) is 11.8 Å². The van der Waals surface area contributed by atoms with Crippen LogP contribution in [0.1, 0.15) is 12.0 Å². The molecular weight excluding hydrogens is 342 g/mol. The number of rotatable bonds is 7. The second-order valence-electron chi connectivity index (χ2n) is 7.27. The first-order valence-electron chi connectivity index (χ1n) is 9.36. The number of carbonyl (C=O) groups is 2. The quantitative estimate of drug-likeness (QED) is 0.697. The molecule has 0 unspecified atom stereocenters. The van der Waals surface area contributed by atoms with Crippen molar-refractivity contribution in [2.75, 3.05) is 47.4 Å². The molecule has 0 saturated carbocycles. The predicted molar refractivity (Wildman–Crippen MR) is 108 cm³/mol. The maximum atomic E-state index is 11.2. The minimum atomic E-state index is 0.0662. The summed E-state index contributed by atoms with van der Waals surface area (Å²) < 4.78 is 6.98. The average Bonchev–Trinajstić information content (AvgIpc) is 2.94. The van der Waals surface area contributed by atoms with Gasteiger partial charge >= 0.3 is 0 Å². The van der Waals surface area contributed by atoms with Crippen molar-refractivity contribution >= 4 is 23.1 Å².